The predicted molar refractivity (Wildman–Crippen MR) is 84.6 cm³/mol. The fourth-order valence-corrected chi connectivity index (χ4v) is 4.84. The quantitative estimate of drug-likeness (QED) is 0.947. The number of aromatic amines is 1. The minimum absolute atomic E-state index is 0.636. The van der Waals surface area contributed by atoms with E-state index < -0.39 is 0 Å². The van der Waals surface area contributed by atoms with Crippen LogP contribution in [0.3, 0.4) is 0 Å². The first-order valence-electron chi connectivity index (χ1n) is 8.06. The van der Waals surface area contributed by atoms with E-state index >= 15 is 0 Å². The van der Waals surface area contributed by atoms with Crippen molar-refractivity contribution in [1.82, 2.24) is 19.9 Å². The van der Waals surface area contributed by atoms with Crippen LogP contribution in [0.25, 0.3) is 0 Å². The molecule has 0 saturated carbocycles. The second-order valence-corrected chi connectivity index (χ2v) is 7.40. The Morgan fingerprint density at radius 2 is 2.24 bits per heavy atom. The molecule has 4 rings (SSSR count). The highest BCUT2D eigenvalue weighted by molar-refractivity contribution is 7.11. The van der Waals surface area contributed by atoms with Crippen molar-refractivity contribution in [3.8, 4) is 0 Å². The standard InChI is InChI=1S/C16H22N4S/c1-2-6-15-14(5-1)19-16(21-15)12-4-3-7-20(9-12)10-13-8-17-11-18-13/h8,11-12H,1-7,9-10H2,(H,17,18). The van der Waals surface area contributed by atoms with Crippen LogP contribution in [0.1, 0.15) is 52.9 Å². The normalized spacial score (nSPS) is 23.1. The summed E-state index contributed by atoms with van der Waals surface area (Å²) >= 11 is 1.99. The monoisotopic (exact) mass is 302 g/mol. The van der Waals surface area contributed by atoms with Gasteiger partial charge in [0, 0.05) is 35.8 Å². The molecular formula is C16H22N4S. The van der Waals surface area contributed by atoms with E-state index in [1.54, 1.807) is 11.2 Å². The van der Waals surface area contributed by atoms with Gasteiger partial charge in [0.15, 0.2) is 0 Å². The number of H-pyrrole nitrogens is 1. The van der Waals surface area contributed by atoms with Crippen molar-refractivity contribution < 1.29 is 0 Å². The van der Waals surface area contributed by atoms with Gasteiger partial charge in [-0.05, 0) is 45.1 Å². The first kappa shape index (κ1) is 13.5. The van der Waals surface area contributed by atoms with E-state index in [0.29, 0.717) is 5.92 Å². The zero-order valence-electron chi connectivity index (χ0n) is 12.3. The van der Waals surface area contributed by atoms with Gasteiger partial charge in [-0.2, -0.15) is 0 Å². The van der Waals surface area contributed by atoms with Crippen LogP contribution in [0, 0.1) is 0 Å². The van der Waals surface area contributed by atoms with Crippen LogP contribution in [-0.2, 0) is 19.4 Å². The number of aryl methyl sites for hydroxylation is 2. The van der Waals surface area contributed by atoms with Crippen molar-refractivity contribution in [2.75, 3.05) is 13.1 Å². The number of rotatable bonds is 3. The highest BCUT2D eigenvalue weighted by Crippen LogP contribution is 2.34. The van der Waals surface area contributed by atoms with Crippen molar-refractivity contribution >= 4 is 11.3 Å². The summed E-state index contributed by atoms with van der Waals surface area (Å²) in [5, 5.41) is 1.40. The van der Waals surface area contributed by atoms with Gasteiger partial charge in [-0.1, -0.05) is 0 Å². The van der Waals surface area contributed by atoms with Crippen molar-refractivity contribution in [2.24, 2.45) is 0 Å². The molecule has 1 fully saturated rings. The molecule has 2 aromatic rings. The fourth-order valence-electron chi connectivity index (χ4n) is 3.56. The fraction of sp³-hybridized carbons (Fsp3) is 0.625. The average Bonchev–Trinajstić information content (AvgIpc) is 3.16. The van der Waals surface area contributed by atoms with Gasteiger partial charge < -0.3 is 4.98 Å². The number of hydrogen-bond donors (Lipinski definition) is 1. The molecule has 1 atom stereocenters. The predicted octanol–water partition coefficient (Wildman–Crippen LogP) is 3.12. The highest BCUT2D eigenvalue weighted by Gasteiger charge is 2.26. The summed E-state index contributed by atoms with van der Waals surface area (Å²) in [6.45, 7) is 3.33. The van der Waals surface area contributed by atoms with Gasteiger partial charge in [0.2, 0.25) is 0 Å². The number of nitrogens with zero attached hydrogens (tertiary/aromatic N) is 3. The molecule has 0 bridgehead atoms. The first-order valence-corrected chi connectivity index (χ1v) is 8.88. The van der Waals surface area contributed by atoms with Crippen LogP contribution >= 0.6 is 11.3 Å². The molecule has 1 N–H and O–H groups in total. The Morgan fingerprint density at radius 1 is 1.29 bits per heavy atom. The topological polar surface area (TPSA) is 44.8 Å². The number of likely N-dealkylation sites (tertiary alicyclic amines) is 1. The van der Waals surface area contributed by atoms with Crippen LogP contribution in [0.4, 0.5) is 0 Å². The number of fused-ring (bicyclic) bond motifs is 1. The average molecular weight is 302 g/mol. The minimum atomic E-state index is 0.636. The van der Waals surface area contributed by atoms with Gasteiger partial charge >= 0.3 is 0 Å². The number of hydrogen-bond acceptors (Lipinski definition) is 4. The second kappa shape index (κ2) is 5.89. The number of nitrogens with one attached hydrogen (secondary N) is 1. The molecule has 0 spiro atoms. The molecule has 112 valence electrons. The number of thiazole rings is 1. The van der Waals surface area contributed by atoms with E-state index in [-0.39, 0.29) is 0 Å². The Hall–Kier alpha value is -1.20. The molecule has 2 aliphatic rings. The van der Waals surface area contributed by atoms with Gasteiger partial charge in [0.05, 0.1) is 17.0 Å². The van der Waals surface area contributed by atoms with E-state index in [9.17, 15) is 0 Å². The molecule has 0 aromatic carbocycles. The summed E-state index contributed by atoms with van der Waals surface area (Å²) in [6, 6.07) is 0. The molecule has 1 aliphatic carbocycles. The highest BCUT2D eigenvalue weighted by atomic mass is 32.1. The summed E-state index contributed by atoms with van der Waals surface area (Å²) in [4.78, 5) is 16.4. The van der Waals surface area contributed by atoms with E-state index in [4.69, 9.17) is 4.98 Å². The third-order valence-electron chi connectivity index (χ3n) is 4.67. The van der Waals surface area contributed by atoms with Crippen LogP contribution in [0.5, 0.6) is 0 Å². The molecule has 3 heterocycles. The lowest BCUT2D eigenvalue weighted by molar-refractivity contribution is 0.198. The van der Waals surface area contributed by atoms with E-state index in [0.717, 1.165) is 13.1 Å². The zero-order valence-corrected chi connectivity index (χ0v) is 13.2. The summed E-state index contributed by atoms with van der Waals surface area (Å²) in [5.41, 5.74) is 2.63. The van der Waals surface area contributed by atoms with Crippen molar-refractivity contribution in [3.63, 3.8) is 0 Å². The summed E-state index contributed by atoms with van der Waals surface area (Å²) in [5.74, 6) is 0.636. The third kappa shape index (κ3) is 2.90. The van der Waals surface area contributed by atoms with Gasteiger partial charge in [-0.25, -0.2) is 9.97 Å². The molecule has 1 saturated heterocycles. The minimum Gasteiger partial charge on any atom is -0.347 e. The maximum atomic E-state index is 4.98. The molecule has 2 aromatic heterocycles. The van der Waals surface area contributed by atoms with Crippen LogP contribution in [0.15, 0.2) is 12.5 Å². The Balaban J connectivity index is 1.46. The second-order valence-electron chi connectivity index (χ2n) is 6.28. The summed E-state index contributed by atoms with van der Waals surface area (Å²) in [7, 11) is 0. The SMILES string of the molecule is c1ncc(CN2CCCC(c3nc4c(s3)CCCC4)C2)[nH]1. The smallest absolute Gasteiger partial charge is 0.0974 e. The van der Waals surface area contributed by atoms with Crippen LogP contribution < -0.4 is 0 Å². The lowest BCUT2D eigenvalue weighted by Crippen LogP contribution is -2.33. The third-order valence-corrected chi connectivity index (χ3v) is 5.99. The van der Waals surface area contributed by atoms with Crippen molar-refractivity contribution in [2.45, 2.75) is 51.0 Å². The number of imidazole rings is 1. The number of aromatic nitrogens is 3. The molecule has 0 amide bonds. The summed E-state index contributed by atoms with van der Waals surface area (Å²) < 4.78 is 0. The van der Waals surface area contributed by atoms with Crippen molar-refractivity contribution in [1.29, 1.82) is 0 Å². The molecule has 4 nitrogen and oxygen atoms in total. The summed E-state index contributed by atoms with van der Waals surface area (Å²) in [6.07, 6.45) is 11.4. The molecule has 1 unspecified atom stereocenters. The Morgan fingerprint density at radius 3 is 3.10 bits per heavy atom. The maximum Gasteiger partial charge on any atom is 0.0974 e. The van der Waals surface area contributed by atoms with E-state index in [1.165, 1.54) is 61.5 Å². The molecule has 0 radical (unpaired) electrons. The van der Waals surface area contributed by atoms with Gasteiger partial charge in [0.1, 0.15) is 0 Å². The molecular weight excluding hydrogens is 280 g/mol. The van der Waals surface area contributed by atoms with E-state index in [1.807, 2.05) is 17.5 Å². The van der Waals surface area contributed by atoms with Gasteiger partial charge in [-0.15, -0.1) is 11.3 Å². The maximum absolute atomic E-state index is 4.98. The Labute approximate surface area is 129 Å². The van der Waals surface area contributed by atoms with Crippen molar-refractivity contribution in [3.05, 3.63) is 33.8 Å². The Kier molecular flexibility index (Phi) is 3.78. The Bertz CT molecular complexity index is 566. The van der Waals surface area contributed by atoms with Gasteiger partial charge in [-0.3, -0.25) is 4.90 Å². The van der Waals surface area contributed by atoms with E-state index in [2.05, 4.69) is 14.9 Å². The first-order chi connectivity index (χ1) is 10.4. The lowest BCUT2D eigenvalue weighted by Gasteiger charge is -2.31. The lowest BCUT2D eigenvalue weighted by atomic mass is 9.98. The zero-order chi connectivity index (χ0) is 14.1. The largest absolute Gasteiger partial charge is 0.347 e. The van der Waals surface area contributed by atoms with Gasteiger partial charge in [0.25, 0.3) is 0 Å². The number of piperidine rings is 1. The van der Waals surface area contributed by atoms with Crippen LogP contribution in [0.2, 0.25) is 0 Å². The molecule has 1 aliphatic heterocycles. The van der Waals surface area contributed by atoms with Crippen LogP contribution in [-0.4, -0.2) is 32.9 Å². The molecule has 5 heteroatoms. The molecule has 21 heavy (non-hydrogen) atoms.